The fraction of sp³-hybridized carbons (Fsp3) is 0.357. The lowest BCUT2D eigenvalue weighted by atomic mass is 9.95. The zero-order valence-electron chi connectivity index (χ0n) is 20.6. The highest BCUT2D eigenvalue weighted by atomic mass is 16.2. The second kappa shape index (κ2) is 9.75. The predicted molar refractivity (Wildman–Crippen MR) is 135 cm³/mol. The van der Waals surface area contributed by atoms with Gasteiger partial charge in [-0.2, -0.15) is 10.2 Å². The summed E-state index contributed by atoms with van der Waals surface area (Å²) in [6.07, 6.45) is 3.00. The first-order valence-corrected chi connectivity index (χ1v) is 11.8. The first-order chi connectivity index (χ1) is 16.2. The highest BCUT2D eigenvalue weighted by Crippen LogP contribution is 2.38. The van der Waals surface area contributed by atoms with Gasteiger partial charge in [0.05, 0.1) is 17.4 Å². The number of hydrogen-bond acceptors (Lipinski definition) is 4. The molecule has 4 rings (SSSR count). The molecule has 0 spiro atoms. The van der Waals surface area contributed by atoms with E-state index < -0.39 is 0 Å². The highest BCUT2D eigenvalue weighted by molar-refractivity contribution is 6.03. The van der Waals surface area contributed by atoms with Crippen LogP contribution in [0.2, 0.25) is 0 Å². The molecule has 0 fully saturated rings. The summed E-state index contributed by atoms with van der Waals surface area (Å²) in [6, 6.07) is 16.4. The van der Waals surface area contributed by atoms with Crippen molar-refractivity contribution in [2.75, 3.05) is 0 Å². The Morgan fingerprint density at radius 1 is 0.941 bits per heavy atom. The van der Waals surface area contributed by atoms with Gasteiger partial charge in [-0.25, -0.2) is 5.01 Å². The van der Waals surface area contributed by atoms with Gasteiger partial charge in [0.1, 0.15) is 5.78 Å². The van der Waals surface area contributed by atoms with Gasteiger partial charge in [0.2, 0.25) is 5.91 Å². The van der Waals surface area contributed by atoms with Gasteiger partial charge in [0.25, 0.3) is 0 Å². The number of carbonyl (C=O) groups excluding carboxylic acids is 2. The van der Waals surface area contributed by atoms with Crippen LogP contribution in [-0.2, 0) is 9.59 Å². The number of rotatable bonds is 7. The fourth-order valence-corrected chi connectivity index (χ4v) is 4.15. The highest BCUT2D eigenvalue weighted by Gasteiger charge is 2.36. The van der Waals surface area contributed by atoms with Crippen LogP contribution in [0.5, 0.6) is 0 Å². The Morgan fingerprint density at radius 3 is 2.09 bits per heavy atom. The molecule has 176 valence electrons. The molecule has 6 nitrogen and oxygen atoms in total. The van der Waals surface area contributed by atoms with Gasteiger partial charge in [0, 0.05) is 42.6 Å². The Hall–Kier alpha value is -3.54. The van der Waals surface area contributed by atoms with Crippen LogP contribution in [0.25, 0.3) is 11.3 Å². The maximum Gasteiger partial charge on any atom is 0.243 e. The van der Waals surface area contributed by atoms with E-state index in [-0.39, 0.29) is 36.6 Å². The van der Waals surface area contributed by atoms with Crippen molar-refractivity contribution < 1.29 is 9.59 Å². The lowest BCUT2D eigenvalue weighted by Crippen LogP contribution is -2.27. The zero-order valence-corrected chi connectivity index (χ0v) is 20.6. The predicted octanol–water partition coefficient (Wildman–Crippen LogP) is 5.79. The molecule has 0 N–H and O–H groups in total. The second-order valence-electron chi connectivity index (χ2n) is 9.45. The first kappa shape index (κ1) is 23.6. The minimum absolute atomic E-state index is 0.000179. The summed E-state index contributed by atoms with van der Waals surface area (Å²) in [5.74, 6) is -0.144. The summed E-state index contributed by atoms with van der Waals surface area (Å²) in [5.41, 5.74) is 7.08. The molecule has 0 aliphatic carbocycles. The maximum absolute atomic E-state index is 13.2. The maximum atomic E-state index is 13.2. The Morgan fingerprint density at radius 2 is 1.53 bits per heavy atom. The Balaban J connectivity index is 1.77. The van der Waals surface area contributed by atoms with Crippen LogP contribution >= 0.6 is 0 Å². The molecule has 1 unspecified atom stereocenters. The topological polar surface area (TPSA) is 67.6 Å². The van der Waals surface area contributed by atoms with E-state index in [1.54, 1.807) is 5.01 Å². The third-order valence-corrected chi connectivity index (χ3v) is 6.21. The number of benzene rings is 2. The lowest BCUT2D eigenvalue weighted by Gasteiger charge is -2.22. The number of nitrogens with zero attached hydrogens (tertiary/aromatic N) is 4. The van der Waals surface area contributed by atoms with Crippen molar-refractivity contribution >= 4 is 17.4 Å². The monoisotopic (exact) mass is 456 g/mol. The summed E-state index contributed by atoms with van der Waals surface area (Å²) < 4.78 is 1.95. The van der Waals surface area contributed by atoms with Crippen molar-refractivity contribution in [3.8, 4) is 11.3 Å². The number of aryl methyl sites for hydroxylation is 2. The van der Waals surface area contributed by atoms with Gasteiger partial charge in [-0.05, 0) is 40.2 Å². The number of hydrogen-bond donors (Lipinski definition) is 0. The molecule has 1 atom stereocenters. The standard InChI is InChI=1S/C28H32N4O2/c1-18(2)31-17-24(28(30-31)23-13-8-20(4)9-14-23)26-16-25(22-11-6-19(3)7-12-22)29-32(26)27(34)15-10-21(5)33/h6-9,11-14,17-18,26H,10,15-16H2,1-5H3. The normalized spacial score (nSPS) is 15.6. The number of amides is 1. The van der Waals surface area contributed by atoms with Crippen molar-refractivity contribution in [3.05, 3.63) is 77.0 Å². The van der Waals surface area contributed by atoms with Crippen LogP contribution in [0, 0.1) is 13.8 Å². The SMILES string of the molecule is CC(=O)CCC(=O)N1N=C(c2ccc(C)cc2)CC1c1cn(C(C)C)nc1-c1ccc(C)cc1. The van der Waals surface area contributed by atoms with Crippen molar-refractivity contribution in [2.45, 2.75) is 66.0 Å². The molecule has 2 heterocycles. The number of Topliss-reactive ketones (excluding diaryl/α,β-unsaturated/α-hetero) is 1. The second-order valence-corrected chi connectivity index (χ2v) is 9.45. The van der Waals surface area contributed by atoms with Gasteiger partial charge in [-0.3, -0.25) is 9.48 Å². The van der Waals surface area contributed by atoms with E-state index >= 15 is 0 Å². The number of carbonyl (C=O) groups is 2. The van der Waals surface area contributed by atoms with Gasteiger partial charge in [-0.1, -0.05) is 59.7 Å². The van der Waals surface area contributed by atoms with E-state index in [4.69, 9.17) is 10.2 Å². The van der Waals surface area contributed by atoms with Crippen LogP contribution in [0.1, 0.15) is 74.4 Å². The smallest absolute Gasteiger partial charge is 0.243 e. The quantitative estimate of drug-likeness (QED) is 0.452. The number of aromatic nitrogens is 2. The van der Waals surface area contributed by atoms with Crippen LogP contribution in [0.15, 0.2) is 59.8 Å². The van der Waals surface area contributed by atoms with Crippen LogP contribution < -0.4 is 0 Å². The lowest BCUT2D eigenvalue weighted by molar-refractivity contribution is -0.134. The Labute approximate surface area is 201 Å². The zero-order chi connectivity index (χ0) is 24.4. The average molecular weight is 457 g/mol. The minimum Gasteiger partial charge on any atom is -0.300 e. The molecule has 0 bridgehead atoms. The molecule has 6 heteroatoms. The van der Waals surface area contributed by atoms with E-state index in [2.05, 4.69) is 64.1 Å². The van der Waals surface area contributed by atoms with E-state index in [1.807, 2.05) is 23.0 Å². The van der Waals surface area contributed by atoms with Gasteiger partial charge in [0.15, 0.2) is 0 Å². The van der Waals surface area contributed by atoms with E-state index in [0.29, 0.717) is 6.42 Å². The molecular formula is C28H32N4O2. The summed E-state index contributed by atoms with van der Waals surface area (Å²) in [4.78, 5) is 24.8. The third-order valence-electron chi connectivity index (χ3n) is 6.21. The molecule has 0 saturated heterocycles. The van der Waals surface area contributed by atoms with E-state index in [9.17, 15) is 9.59 Å². The van der Waals surface area contributed by atoms with Gasteiger partial charge in [-0.15, -0.1) is 0 Å². The minimum atomic E-state index is -0.278. The summed E-state index contributed by atoms with van der Waals surface area (Å²) in [5, 5.41) is 11.3. The fourth-order valence-electron chi connectivity index (χ4n) is 4.15. The summed E-state index contributed by atoms with van der Waals surface area (Å²) >= 11 is 0. The molecule has 3 aromatic rings. The molecule has 34 heavy (non-hydrogen) atoms. The largest absolute Gasteiger partial charge is 0.300 e. The molecule has 1 aromatic heterocycles. The first-order valence-electron chi connectivity index (χ1n) is 11.8. The van der Waals surface area contributed by atoms with Gasteiger partial charge >= 0.3 is 0 Å². The van der Waals surface area contributed by atoms with Crippen molar-refractivity contribution in [1.29, 1.82) is 0 Å². The Bertz CT molecular complexity index is 1220. The number of hydrazone groups is 1. The van der Waals surface area contributed by atoms with Crippen LogP contribution in [-0.4, -0.2) is 32.2 Å². The van der Waals surface area contributed by atoms with Crippen molar-refractivity contribution in [2.24, 2.45) is 5.10 Å². The van der Waals surface area contributed by atoms with E-state index in [0.717, 1.165) is 28.1 Å². The molecular weight excluding hydrogens is 424 g/mol. The van der Waals surface area contributed by atoms with E-state index in [1.165, 1.54) is 18.1 Å². The summed E-state index contributed by atoms with van der Waals surface area (Å²) in [6.45, 7) is 9.81. The summed E-state index contributed by atoms with van der Waals surface area (Å²) in [7, 11) is 0. The molecule has 1 aliphatic heterocycles. The Kier molecular flexibility index (Phi) is 6.77. The molecule has 1 amide bonds. The molecule has 2 aromatic carbocycles. The van der Waals surface area contributed by atoms with Crippen LogP contribution in [0.3, 0.4) is 0 Å². The third kappa shape index (κ3) is 5.01. The molecule has 1 aliphatic rings. The molecule has 0 saturated carbocycles. The van der Waals surface area contributed by atoms with Crippen molar-refractivity contribution in [1.82, 2.24) is 14.8 Å². The van der Waals surface area contributed by atoms with Gasteiger partial charge < -0.3 is 4.79 Å². The van der Waals surface area contributed by atoms with Crippen molar-refractivity contribution in [3.63, 3.8) is 0 Å². The molecule has 0 radical (unpaired) electrons. The number of ketones is 1. The van der Waals surface area contributed by atoms with Crippen LogP contribution in [0.4, 0.5) is 0 Å². The average Bonchev–Trinajstić information content (AvgIpc) is 3.43.